The maximum absolute atomic E-state index is 15.2. The Balaban J connectivity index is 1.33. The number of anilines is 2. The van der Waals surface area contributed by atoms with Crippen LogP contribution in [0.5, 0.6) is 11.5 Å². The minimum atomic E-state index is -1.63. The van der Waals surface area contributed by atoms with Gasteiger partial charge >= 0.3 is 0 Å². The molecule has 0 aromatic heterocycles. The summed E-state index contributed by atoms with van der Waals surface area (Å²) in [6.07, 6.45) is 2.15. The second kappa shape index (κ2) is 12.5. The summed E-state index contributed by atoms with van der Waals surface area (Å²) in [5.74, 6) is -6.47. The lowest BCUT2D eigenvalue weighted by atomic mass is 9.49. The Morgan fingerprint density at radius 3 is 2.29 bits per heavy atom. The summed E-state index contributed by atoms with van der Waals surface area (Å²) < 4.78 is 19.2. The van der Waals surface area contributed by atoms with Crippen molar-refractivity contribution in [3.63, 3.8) is 0 Å². The summed E-state index contributed by atoms with van der Waals surface area (Å²) in [7, 11) is 1.47. The standard InChI is InChI=1S/C40H32Cl2FN3O6/c1-20-3-12-25(17-32(20)42)45-36(48)29-16-15-27-30(34(29)38(45)50)19-31-37(49)46(44-24-10-8-23(43)9-11-24)39(51)40(31,21-4-6-22(41)7-5-21)35(27)28-14-13-26(52-2)18-33(28)47/h3-15,17-18,29-31,34-35,44,47H,16,19H2,1-2H3/t29-,30+,31-,34-,35+,40+/m0/s1. The molecule has 3 fully saturated rings. The number of fused-ring (bicyclic) bond motifs is 4. The zero-order valence-corrected chi connectivity index (χ0v) is 29.5. The monoisotopic (exact) mass is 739 g/mol. The Labute approximate surface area is 308 Å². The van der Waals surface area contributed by atoms with Crippen molar-refractivity contribution in [2.75, 3.05) is 17.4 Å². The molecule has 8 rings (SSSR count). The van der Waals surface area contributed by atoms with Gasteiger partial charge in [-0.2, -0.15) is 5.01 Å². The highest BCUT2D eigenvalue weighted by Crippen LogP contribution is 2.65. The van der Waals surface area contributed by atoms with Crippen LogP contribution in [-0.4, -0.2) is 40.9 Å². The molecular formula is C40H32Cl2FN3O6. The van der Waals surface area contributed by atoms with Crippen LogP contribution in [0.3, 0.4) is 0 Å². The second-order valence-corrected chi connectivity index (χ2v) is 14.6. The third-order valence-electron chi connectivity index (χ3n) is 11.2. The normalized spacial score (nSPS) is 26.6. The summed E-state index contributed by atoms with van der Waals surface area (Å²) >= 11 is 12.8. The average Bonchev–Trinajstić information content (AvgIpc) is 3.51. The number of rotatable bonds is 6. The number of imide groups is 2. The first kappa shape index (κ1) is 33.9. The largest absolute Gasteiger partial charge is 0.508 e. The van der Waals surface area contributed by atoms with Gasteiger partial charge in [-0.1, -0.05) is 59.1 Å². The SMILES string of the molecule is COc1ccc([C@H]2C3=CC[C@@H]4C(=O)N(c5ccc(C)c(Cl)c5)C(=O)[C@@H]4[C@@H]3C[C@H]3C(=O)N(Nc4ccc(F)cc4)C(=O)[C@@]23c2ccc(Cl)cc2)c(O)c1. The smallest absolute Gasteiger partial charge is 0.260 e. The number of nitrogens with one attached hydrogen (secondary N) is 1. The summed E-state index contributed by atoms with van der Waals surface area (Å²) in [5, 5.41) is 13.4. The number of benzene rings is 4. The number of halogens is 3. The molecule has 4 aliphatic rings. The molecule has 0 bridgehead atoms. The molecule has 4 aromatic rings. The minimum Gasteiger partial charge on any atom is -0.508 e. The van der Waals surface area contributed by atoms with E-state index in [1.165, 1.54) is 42.3 Å². The number of phenolic OH excluding ortho intramolecular Hbond substituents is 1. The van der Waals surface area contributed by atoms with Gasteiger partial charge in [-0.25, -0.2) is 9.29 Å². The molecule has 2 heterocycles. The van der Waals surface area contributed by atoms with Crippen LogP contribution in [0.1, 0.15) is 35.4 Å². The predicted octanol–water partition coefficient (Wildman–Crippen LogP) is 7.34. The molecule has 2 N–H and O–H groups in total. The molecule has 0 radical (unpaired) electrons. The van der Waals surface area contributed by atoms with E-state index in [-0.39, 0.29) is 24.5 Å². The fourth-order valence-corrected chi connectivity index (χ4v) is 9.17. The molecule has 264 valence electrons. The van der Waals surface area contributed by atoms with Crippen LogP contribution in [0.25, 0.3) is 0 Å². The number of nitrogens with zero attached hydrogens (tertiary/aromatic N) is 2. The number of aromatic hydroxyl groups is 1. The van der Waals surface area contributed by atoms with Gasteiger partial charge < -0.3 is 9.84 Å². The summed E-state index contributed by atoms with van der Waals surface area (Å²) in [6.45, 7) is 1.83. The minimum absolute atomic E-state index is 0.0523. The summed E-state index contributed by atoms with van der Waals surface area (Å²) in [6, 6.07) is 21.8. The molecule has 0 unspecified atom stereocenters. The van der Waals surface area contributed by atoms with Crippen LogP contribution >= 0.6 is 23.2 Å². The number of hydrogen-bond donors (Lipinski definition) is 2. The van der Waals surface area contributed by atoms with Crippen LogP contribution in [-0.2, 0) is 24.6 Å². The number of hydrogen-bond acceptors (Lipinski definition) is 7. The average molecular weight is 741 g/mol. The highest BCUT2D eigenvalue weighted by molar-refractivity contribution is 6.32. The van der Waals surface area contributed by atoms with E-state index in [2.05, 4.69) is 5.43 Å². The van der Waals surface area contributed by atoms with E-state index in [9.17, 15) is 23.9 Å². The van der Waals surface area contributed by atoms with Crippen LogP contribution in [0, 0.1) is 36.4 Å². The third kappa shape index (κ3) is 4.95. The Morgan fingerprint density at radius 2 is 1.62 bits per heavy atom. The lowest BCUT2D eigenvalue weighted by molar-refractivity contribution is -0.138. The number of methoxy groups -OCH3 is 1. The van der Waals surface area contributed by atoms with Gasteiger partial charge in [-0.15, -0.1) is 0 Å². The molecule has 2 aliphatic heterocycles. The maximum Gasteiger partial charge on any atom is 0.260 e. The van der Waals surface area contributed by atoms with Gasteiger partial charge in [0.15, 0.2) is 0 Å². The van der Waals surface area contributed by atoms with Gasteiger partial charge in [0.2, 0.25) is 11.8 Å². The van der Waals surface area contributed by atoms with E-state index in [1.54, 1.807) is 54.6 Å². The zero-order valence-electron chi connectivity index (χ0n) is 28.0. The molecule has 6 atom stereocenters. The van der Waals surface area contributed by atoms with Gasteiger partial charge in [-0.3, -0.25) is 24.6 Å². The highest BCUT2D eigenvalue weighted by Gasteiger charge is 2.70. The first-order valence-electron chi connectivity index (χ1n) is 16.8. The van der Waals surface area contributed by atoms with Crippen molar-refractivity contribution in [3.8, 4) is 11.5 Å². The first-order chi connectivity index (χ1) is 24.9. The molecule has 2 saturated heterocycles. The quantitative estimate of drug-likeness (QED) is 0.157. The van der Waals surface area contributed by atoms with Crippen LogP contribution < -0.4 is 15.1 Å². The third-order valence-corrected chi connectivity index (χ3v) is 11.9. The zero-order chi connectivity index (χ0) is 36.6. The molecule has 4 aromatic carbocycles. The van der Waals surface area contributed by atoms with Gasteiger partial charge in [0.1, 0.15) is 17.3 Å². The van der Waals surface area contributed by atoms with E-state index in [1.807, 2.05) is 13.0 Å². The lowest BCUT2D eigenvalue weighted by Crippen LogP contribution is -2.53. The van der Waals surface area contributed by atoms with Crippen LogP contribution in [0.4, 0.5) is 15.8 Å². The predicted molar refractivity (Wildman–Crippen MR) is 192 cm³/mol. The molecule has 4 amide bonds. The maximum atomic E-state index is 15.2. The van der Waals surface area contributed by atoms with Crippen molar-refractivity contribution in [1.82, 2.24) is 5.01 Å². The molecule has 12 heteroatoms. The van der Waals surface area contributed by atoms with Gasteiger partial charge in [0.25, 0.3) is 11.8 Å². The number of ether oxygens (including phenoxy) is 1. The van der Waals surface area contributed by atoms with E-state index < -0.39 is 58.5 Å². The van der Waals surface area contributed by atoms with Gasteiger partial charge in [-0.05, 0) is 91.4 Å². The Kier molecular flexibility index (Phi) is 8.15. The van der Waals surface area contributed by atoms with E-state index in [0.29, 0.717) is 43.9 Å². The van der Waals surface area contributed by atoms with Crippen molar-refractivity contribution < 1.29 is 33.4 Å². The van der Waals surface area contributed by atoms with Crippen LogP contribution in [0.2, 0.25) is 10.0 Å². The van der Waals surface area contributed by atoms with Crippen molar-refractivity contribution >= 4 is 58.2 Å². The topological polar surface area (TPSA) is 116 Å². The number of carbonyl (C=O) groups excluding carboxylic acids is 4. The van der Waals surface area contributed by atoms with Crippen molar-refractivity contribution in [1.29, 1.82) is 0 Å². The van der Waals surface area contributed by atoms with Crippen molar-refractivity contribution in [2.45, 2.75) is 31.1 Å². The molecule has 9 nitrogen and oxygen atoms in total. The molecule has 52 heavy (non-hydrogen) atoms. The summed E-state index contributed by atoms with van der Waals surface area (Å²) in [4.78, 5) is 59.7. The van der Waals surface area contributed by atoms with Crippen molar-refractivity contribution in [2.24, 2.45) is 23.7 Å². The number of amides is 4. The molecule has 1 saturated carbocycles. The number of carbonyl (C=O) groups is 4. The first-order valence-corrected chi connectivity index (χ1v) is 17.6. The lowest BCUT2D eigenvalue weighted by Gasteiger charge is -2.50. The number of aryl methyl sites for hydroxylation is 1. The number of phenols is 1. The van der Waals surface area contributed by atoms with E-state index in [4.69, 9.17) is 27.9 Å². The van der Waals surface area contributed by atoms with Crippen molar-refractivity contribution in [3.05, 3.63) is 129 Å². The molecule has 2 aliphatic carbocycles. The fraction of sp³-hybridized carbons (Fsp3) is 0.250. The number of hydrazine groups is 1. The Bertz CT molecular complexity index is 2210. The summed E-state index contributed by atoms with van der Waals surface area (Å²) in [5.41, 5.74) is 4.24. The van der Waals surface area contributed by atoms with E-state index >= 15 is 4.79 Å². The molecular weight excluding hydrogens is 708 g/mol. The van der Waals surface area contributed by atoms with E-state index in [0.717, 1.165) is 10.6 Å². The van der Waals surface area contributed by atoms with Gasteiger partial charge in [0.05, 0.1) is 41.7 Å². The molecule has 0 spiro atoms. The number of allylic oxidation sites excluding steroid dienone is 2. The van der Waals surface area contributed by atoms with Gasteiger partial charge in [0, 0.05) is 27.6 Å². The fourth-order valence-electron chi connectivity index (χ4n) is 8.87. The Morgan fingerprint density at radius 1 is 0.885 bits per heavy atom. The van der Waals surface area contributed by atoms with Crippen LogP contribution in [0.15, 0.2) is 96.6 Å². The second-order valence-electron chi connectivity index (χ2n) is 13.7. The highest BCUT2D eigenvalue weighted by atomic mass is 35.5. The Hall–Kier alpha value is -5.19.